The zero-order valence-corrected chi connectivity index (χ0v) is 19.0. The quantitative estimate of drug-likeness (QED) is 0.312. The number of unbranched alkanes of at least 4 members (excludes halogenated alkanes) is 1. The first-order valence-electron chi connectivity index (χ1n) is 10.8. The molecular formula is C26H28N2O3S. The minimum atomic E-state index is -0.275. The second-order valence-electron chi connectivity index (χ2n) is 7.24. The molecule has 0 fully saturated rings. The summed E-state index contributed by atoms with van der Waals surface area (Å²) in [5.74, 6) is 1.26. The number of amides is 1. The first-order valence-corrected chi connectivity index (χ1v) is 11.2. The molecule has 166 valence electrons. The molecule has 0 spiro atoms. The number of rotatable bonds is 10. The van der Waals surface area contributed by atoms with E-state index in [1.54, 1.807) is 24.3 Å². The van der Waals surface area contributed by atoms with Gasteiger partial charge in [0.2, 0.25) is 0 Å². The highest BCUT2D eigenvalue weighted by atomic mass is 32.1. The largest absolute Gasteiger partial charge is 0.494 e. The Balaban J connectivity index is 1.42. The zero-order valence-electron chi connectivity index (χ0n) is 18.2. The smallest absolute Gasteiger partial charge is 0.257 e. The van der Waals surface area contributed by atoms with E-state index in [0.29, 0.717) is 18.8 Å². The van der Waals surface area contributed by atoms with E-state index in [0.717, 1.165) is 36.4 Å². The van der Waals surface area contributed by atoms with E-state index >= 15 is 0 Å². The van der Waals surface area contributed by atoms with Gasteiger partial charge in [0.15, 0.2) is 5.11 Å². The lowest BCUT2D eigenvalue weighted by Crippen LogP contribution is -2.34. The molecule has 0 atom stereocenters. The number of thiocarbonyl (C=S) groups is 1. The monoisotopic (exact) mass is 448 g/mol. The molecule has 3 rings (SSSR count). The van der Waals surface area contributed by atoms with Gasteiger partial charge in [0.05, 0.1) is 13.2 Å². The molecular weight excluding hydrogens is 420 g/mol. The van der Waals surface area contributed by atoms with Crippen LogP contribution in [0.25, 0.3) is 0 Å². The molecule has 3 aromatic carbocycles. The second-order valence-corrected chi connectivity index (χ2v) is 7.65. The summed E-state index contributed by atoms with van der Waals surface area (Å²) in [4.78, 5) is 12.4. The van der Waals surface area contributed by atoms with Crippen LogP contribution in [0, 0.1) is 0 Å². The van der Waals surface area contributed by atoms with Crippen molar-refractivity contribution in [2.24, 2.45) is 0 Å². The van der Waals surface area contributed by atoms with E-state index in [-0.39, 0.29) is 11.0 Å². The number of hydrogen-bond donors (Lipinski definition) is 2. The topological polar surface area (TPSA) is 59.6 Å². The predicted octanol–water partition coefficient (Wildman–Crippen LogP) is 5.61. The standard InChI is InChI=1S/C26H28N2O3S/c1-2-3-18-30-23-13-9-21(10-14-23)25(29)28-26(32)27-22-11-15-24(16-12-22)31-19-17-20-7-5-4-6-8-20/h4-16H,2-3,17-19H2,1H3,(H2,27,28,29,32). The first-order chi connectivity index (χ1) is 15.6. The van der Waals surface area contributed by atoms with E-state index < -0.39 is 0 Å². The molecule has 0 unspecified atom stereocenters. The summed E-state index contributed by atoms with van der Waals surface area (Å²) < 4.78 is 11.4. The van der Waals surface area contributed by atoms with Gasteiger partial charge in [0.25, 0.3) is 5.91 Å². The number of carbonyl (C=O) groups excluding carboxylic acids is 1. The predicted molar refractivity (Wildman–Crippen MR) is 133 cm³/mol. The van der Waals surface area contributed by atoms with Crippen LogP contribution in [0.2, 0.25) is 0 Å². The van der Waals surface area contributed by atoms with Gasteiger partial charge in [-0.05, 0) is 72.7 Å². The van der Waals surface area contributed by atoms with Crippen molar-refractivity contribution in [2.75, 3.05) is 18.5 Å². The van der Waals surface area contributed by atoms with E-state index in [2.05, 4.69) is 29.7 Å². The number of carbonyl (C=O) groups is 1. The second kappa shape index (κ2) is 12.5. The van der Waals surface area contributed by atoms with Crippen molar-refractivity contribution >= 4 is 28.9 Å². The molecule has 0 bridgehead atoms. The number of hydrogen-bond acceptors (Lipinski definition) is 4. The van der Waals surface area contributed by atoms with Crippen molar-refractivity contribution in [3.05, 3.63) is 90.0 Å². The van der Waals surface area contributed by atoms with Gasteiger partial charge in [0.1, 0.15) is 11.5 Å². The Morgan fingerprint density at radius 3 is 2.12 bits per heavy atom. The molecule has 5 nitrogen and oxygen atoms in total. The molecule has 0 aromatic heterocycles. The number of benzene rings is 3. The third-order valence-corrected chi connectivity index (χ3v) is 4.93. The molecule has 32 heavy (non-hydrogen) atoms. The Morgan fingerprint density at radius 1 is 0.844 bits per heavy atom. The van der Waals surface area contributed by atoms with Crippen LogP contribution in [0.5, 0.6) is 11.5 Å². The summed E-state index contributed by atoms with van der Waals surface area (Å²) in [5.41, 5.74) is 2.52. The van der Waals surface area contributed by atoms with Gasteiger partial charge in [-0.1, -0.05) is 43.7 Å². The molecule has 0 heterocycles. The van der Waals surface area contributed by atoms with Crippen molar-refractivity contribution in [3.63, 3.8) is 0 Å². The molecule has 0 aliphatic heterocycles. The van der Waals surface area contributed by atoms with Gasteiger partial charge >= 0.3 is 0 Å². The average molecular weight is 449 g/mol. The fourth-order valence-corrected chi connectivity index (χ4v) is 3.15. The summed E-state index contributed by atoms with van der Waals surface area (Å²) in [6.07, 6.45) is 2.93. The molecule has 0 saturated heterocycles. The van der Waals surface area contributed by atoms with Crippen LogP contribution in [-0.4, -0.2) is 24.2 Å². The Hall–Kier alpha value is -3.38. The van der Waals surface area contributed by atoms with Gasteiger partial charge in [-0.25, -0.2) is 0 Å². The minimum absolute atomic E-state index is 0.232. The lowest BCUT2D eigenvalue weighted by Gasteiger charge is -2.11. The van der Waals surface area contributed by atoms with E-state index in [9.17, 15) is 4.79 Å². The maximum atomic E-state index is 12.4. The normalized spacial score (nSPS) is 10.3. The van der Waals surface area contributed by atoms with Crippen molar-refractivity contribution in [2.45, 2.75) is 26.2 Å². The van der Waals surface area contributed by atoms with Crippen LogP contribution in [0.15, 0.2) is 78.9 Å². The molecule has 0 aliphatic rings. The summed E-state index contributed by atoms with van der Waals surface area (Å²) in [6.45, 7) is 3.39. The Bertz CT molecular complexity index is 990. The van der Waals surface area contributed by atoms with Crippen LogP contribution in [0.3, 0.4) is 0 Å². The van der Waals surface area contributed by atoms with Crippen molar-refractivity contribution < 1.29 is 14.3 Å². The Morgan fingerprint density at radius 2 is 1.47 bits per heavy atom. The summed E-state index contributed by atoms with van der Waals surface area (Å²) in [7, 11) is 0. The van der Waals surface area contributed by atoms with Crippen LogP contribution < -0.4 is 20.1 Å². The van der Waals surface area contributed by atoms with Crippen LogP contribution >= 0.6 is 12.2 Å². The number of anilines is 1. The molecule has 1 amide bonds. The van der Waals surface area contributed by atoms with E-state index in [1.807, 2.05) is 42.5 Å². The minimum Gasteiger partial charge on any atom is -0.494 e. The van der Waals surface area contributed by atoms with Gasteiger partial charge in [-0.15, -0.1) is 0 Å². The highest BCUT2D eigenvalue weighted by Gasteiger charge is 2.08. The Kier molecular flexibility index (Phi) is 9.07. The van der Waals surface area contributed by atoms with Crippen LogP contribution in [0.4, 0.5) is 5.69 Å². The van der Waals surface area contributed by atoms with E-state index in [4.69, 9.17) is 21.7 Å². The SMILES string of the molecule is CCCCOc1ccc(C(=O)NC(=S)Nc2ccc(OCCc3ccccc3)cc2)cc1. The third-order valence-electron chi connectivity index (χ3n) is 4.72. The van der Waals surface area contributed by atoms with Gasteiger partial charge in [0, 0.05) is 17.7 Å². The zero-order chi connectivity index (χ0) is 22.6. The van der Waals surface area contributed by atoms with Gasteiger partial charge in [-0.2, -0.15) is 0 Å². The lowest BCUT2D eigenvalue weighted by molar-refractivity contribution is 0.0977. The van der Waals surface area contributed by atoms with E-state index in [1.165, 1.54) is 5.56 Å². The maximum absolute atomic E-state index is 12.4. The van der Waals surface area contributed by atoms with Crippen LogP contribution in [0.1, 0.15) is 35.7 Å². The lowest BCUT2D eigenvalue weighted by atomic mass is 10.2. The molecule has 6 heteroatoms. The average Bonchev–Trinajstić information content (AvgIpc) is 2.81. The Labute approximate surface area is 194 Å². The fraction of sp³-hybridized carbons (Fsp3) is 0.231. The molecule has 3 aromatic rings. The first kappa shape index (κ1) is 23.3. The fourth-order valence-electron chi connectivity index (χ4n) is 2.94. The summed E-state index contributed by atoms with van der Waals surface area (Å²) >= 11 is 5.27. The van der Waals surface area contributed by atoms with Crippen molar-refractivity contribution in [3.8, 4) is 11.5 Å². The third kappa shape index (κ3) is 7.71. The molecule has 0 saturated carbocycles. The molecule has 2 N–H and O–H groups in total. The summed E-state index contributed by atoms with van der Waals surface area (Å²) in [5, 5.41) is 5.94. The number of ether oxygens (including phenoxy) is 2. The van der Waals surface area contributed by atoms with Gasteiger partial charge < -0.3 is 14.8 Å². The van der Waals surface area contributed by atoms with Crippen LogP contribution in [-0.2, 0) is 6.42 Å². The van der Waals surface area contributed by atoms with Gasteiger partial charge in [-0.3, -0.25) is 10.1 Å². The van der Waals surface area contributed by atoms with Crippen molar-refractivity contribution in [1.29, 1.82) is 0 Å². The highest BCUT2D eigenvalue weighted by molar-refractivity contribution is 7.80. The number of nitrogens with one attached hydrogen (secondary N) is 2. The van der Waals surface area contributed by atoms with Crippen molar-refractivity contribution in [1.82, 2.24) is 5.32 Å². The highest BCUT2D eigenvalue weighted by Crippen LogP contribution is 2.16. The maximum Gasteiger partial charge on any atom is 0.257 e. The molecule has 0 aliphatic carbocycles. The molecule has 0 radical (unpaired) electrons. The summed E-state index contributed by atoms with van der Waals surface area (Å²) in [6, 6.07) is 24.7.